The molecule has 0 saturated heterocycles. The second kappa shape index (κ2) is 10.5. The molecule has 1 aliphatic rings. The molecule has 10 heteroatoms. The molecule has 0 spiro atoms. The Morgan fingerprint density at radius 3 is 1.50 bits per heavy atom. The van der Waals surface area contributed by atoms with Crippen molar-refractivity contribution in [2.24, 2.45) is 0 Å². The Bertz CT molecular complexity index is 1320. The van der Waals surface area contributed by atoms with Gasteiger partial charge in [-0.3, -0.25) is 0 Å². The van der Waals surface area contributed by atoms with E-state index in [0.29, 0.717) is 48.2 Å². The summed E-state index contributed by atoms with van der Waals surface area (Å²) in [6.45, 7) is 4.51. The van der Waals surface area contributed by atoms with E-state index in [9.17, 15) is 27.4 Å². The molecule has 2 N–H and O–H groups in total. The smallest absolute Gasteiger partial charge is 0.211 e. The number of nitrogens with one attached hydrogen (secondary N) is 2. The SMILES string of the molecule is CCCCNS(=O)(=O)c1ccc2c(c1)C(=C(C#N)C#N)c1cc(S(=O)(=O)NCCCC)ccc1-2. The van der Waals surface area contributed by atoms with Gasteiger partial charge in [-0.25, -0.2) is 26.3 Å². The maximum Gasteiger partial charge on any atom is 0.240 e. The van der Waals surface area contributed by atoms with Gasteiger partial charge < -0.3 is 0 Å². The minimum absolute atomic E-state index is 0.0111. The van der Waals surface area contributed by atoms with Crippen LogP contribution in [0.25, 0.3) is 16.7 Å². The van der Waals surface area contributed by atoms with Crippen molar-refractivity contribution in [1.29, 1.82) is 10.5 Å². The first-order valence-electron chi connectivity index (χ1n) is 11.0. The Morgan fingerprint density at radius 1 is 0.735 bits per heavy atom. The van der Waals surface area contributed by atoms with E-state index in [1.165, 1.54) is 24.3 Å². The summed E-state index contributed by atoms with van der Waals surface area (Å²) in [5, 5.41) is 19.2. The van der Waals surface area contributed by atoms with Crippen LogP contribution >= 0.6 is 0 Å². The zero-order valence-corrected chi connectivity index (χ0v) is 20.7. The lowest BCUT2D eigenvalue weighted by atomic mass is 9.99. The van der Waals surface area contributed by atoms with Crippen molar-refractivity contribution in [3.63, 3.8) is 0 Å². The average molecular weight is 499 g/mol. The van der Waals surface area contributed by atoms with Crippen LogP contribution in [0.3, 0.4) is 0 Å². The highest BCUT2D eigenvalue weighted by Gasteiger charge is 2.30. The van der Waals surface area contributed by atoms with E-state index in [-0.39, 0.29) is 20.9 Å². The summed E-state index contributed by atoms with van der Waals surface area (Å²) in [6.07, 6.45) is 3.05. The molecule has 1 aliphatic carbocycles. The van der Waals surface area contributed by atoms with Gasteiger partial charge in [0.15, 0.2) is 0 Å². The number of rotatable bonds is 10. The summed E-state index contributed by atoms with van der Waals surface area (Å²) in [7, 11) is -7.59. The number of nitriles is 2. The van der Waals surface area contributed by atoms with Crippen LogP contribution in [0.2, 0.25) is 0 Å². The number of unbranched alkanes of at least 4 members (excludes halogenated alkanes) is 2. The van der Waals surface area contributed by atoms with E-state index < -0.39 is 20.0 Å². The summed E-state index contributed by atoms with van der Waals surface area (Å²) < 4.78 is 56.2. The van der Waals surface area contributed by atoms with Crippen LogP contribution in [-0.2, 0) is 20.0 Å². The maximum atomic E-state index is 12.8. The van der Waals surface area contributed by atoms with Gasteiger partial charge in [-0.2, -0.15) is 10.5 Å². The molecule has 0 bridgehead atoms. The number of allylic oxidation sites excluding steroid dienone is 1. The number of benzene rings is 2. The van der Waals surface area contributed by atoms with Crippen molar-refractivity contribution in [1.82, 2.24) is 9.44 Å². The molecule has 8 nitrogen and oxygen atoms in total. The molecule has 0 heterocycles. The Balaban J connectivity index is 2.15. The van der Waals surface area contributed by atoms with Crippen molar-refractivity contribution in [2.75, 3.05) is 13.1 Å². The normalized spacial score (nSPS) is 12.5. The van der Waals surface area contributed by atoms with Gasteiger partial charge in [0, 0.05) is 18.7 Å². The average Bonchev–Trinajstić information content (AvgIpc) is 3.13. The second-order valence-corrected chi connectivity index (χ2v) is 11.4. The predicted octanol–water partition coefficient (Wildman–Crippen LogP) is 3.67. The summed E-state index contributed by atoms with van der Waals surface area (Å²) >= 11 is 0. The third-order valence-corrected chi connectivity index (χ3v) is 8.47. The second-order valence-electron chi connectivity index (χ2n) is 7.89. The standard InChI is InChI=1S/C24H26N4O4S2/c1-3-5-11-27-33(29,30)18-7-9-20-21-10-8-19(34(31,32)28-12-6-4-2)14-23(21)24(22(20)13-18)17(15-25)16-26/h7-10,13-14,27-28H,3-6,11-12H2,1-2H3. The third-order valence-electron chi connectivity index (χ3n) is 5.55. The molecular formula is C24H26N4O4S2. The first kappa shape index (κ1) is 25.6. The Kier molecular flexibility index (Phi) is 7.90. The topological polar surface area (TPSA) is 140 Å². The number of sulfonamides is 2. The molecular weight excluding hydrogens is 472 g/mol. The van der Waals surface area contributed by atoms with Crippen molar-refractivity contribution in [3.05, 3.63) is 53.1 Å². The Hall–Kier alpha value is -3.02. The zero-order valence-electron chi connectivity index (χ0n) is 19.1. The number of nitrogens with zero attached hydrogens (tertiary/aromatic N) is 2. The van der Waals surface area contributed by atoms with Gasteiger partial charge >= 0.3 is 0 Å². The fourth-order valence-electron chi connectivity index (χ4n) is 3.75. The first-order chi connectivity index (χ1) is 16.2. The van der Waals surface area contributed by atoms with Crippen LogP contribution in [0.4, 0.5) is 0 Å². The number of hydrogen-bond donors (Lipinski definition) is 2. The van der Waals surface area contributed by atoms with E-state index in [4.69, 9.17) is 0 Å². The lowest BCUT2D eigenvalue weighted by Crippen LogP contribution is -2.24. The summed E-state index contributed by atoms with van der Waals surface area (Å²) in [5.74, 6) is 0. The third kappa shape index (κ3) is 5.06. The van der Waals surface area contributed by atoms with Crippen molar-refractivity contribution < 1.29 is 16.8 Å². The molecule has 0 saturated carbocycles. The molecule has 0 atom stereocenters. The van der Waals surface area contributed by atoms with Gasteiger partial charge in [0.25, 0.3) is 0 Å². The fourth-order valence-corrected chi connectivity index (χ4v) is 5.95. The molecule has 2 aromatic carbocycles. The summed E-state index contributed by atoms with van der Waals surface area (Å²) in [5.41, 5.74) is 2.07. The van der Waals surface area contributed by atoms with Gasteiger partial charge in [0.05, 0.1) is 9.79 Å². The molecule has 0 amide bonds. The van der Waals surface area contributed by atoms with Gasteiger partial charge in [-0.15, -0.1) is 0 Å². The minimum Gasteiger partial charge on any atom is -0.211 e. The highest BCUT2D eigenvalue weighted by Crippen LogP contribution is 2.47. The van der Waals surface area contributed by atoms with Crippen LogP contribution in [0, 0.1) is 22.7 Å². The maximum absolute atomic E-state index is 12.8. The van der Waals surface area contributed by atoms with Crippen LogP contribution in [0.5, 0.6) is 0 Å². The van der Waals surface area contributed by atoms with E-state index in [2.05, 4.69) is 9.44 Å². The predicted molar refractivity (Wildman–Crippen MR) is 129 cm³/mol. The van der Waals surface area contributed by atoms with Crippen LogP contribution in [0.1, 0.15) is 50.7 Å². The molecule has 3 rings (SSSR count). The molecule has 0 unspecified atom stereocenters. The van der Waals surface area contributed by atoms with Gasteiger partial charge in [0.2, 0.25) is 20.0 Å². The summed E-state index contributed by atoms with van der Waals surface area (Å²) in [4.78, 5) is 0.0222. The summed E-state index contributed by atoms with van der Waals surface area (Å²) in [6, 6.07) is 12.8. The lowest BCUT2D eigenvalue weighted by molar-refractivity contribution is 0.576. The quantitative estimate of drug-likeness (QED) is 0.323. The van der Waals surface area contributed by atoms with Gasteiger partial charge in [-0.05, 0) is 59.4 Å². The number of hydrogen-bond acceptors (Lipinski definition) is 6. The molecule has 178 valence electrons. The Labute approximate surface area is 201 Å². The fraction of sp³-hybridized carbons (Fsp3) is 0.333. The first-order valence-corrected chi connectivity index (χ1v) is 14.0. The van der Waals surface area contributed by atoms with E-state index in [1.807, 2.05) is 26.0 Å². The lowest BCUT2D eigenvalue weighted by Gasteiger charge is -2.09. The molecule has 2 aromatic rings. The molecule has 0 fully saturated rings. The van der Waals surface area contributed by atoms with Crippen LogP contribution in [-0.4, -0.2) is 29.9 Å². The van der Waals surface area contributed by atoms with Crippen molar-refractivity contribution >= 4 is 25.6 Å². The van der Waals surface area contributed by atoms with Crippen molar-refractivity contribution in [2.45, 2.75) is 49.3 Å². The van der Waals surface area contributed by atoms with E-state index >= 15 is 0 Å². The molecule has 0 radical (unpaired) electrons. The molecule has 0 aliphatic heterocycles. The molecule has 0 aromatic heterocycles. The largest absolute Gasteiger partial charge is 0.240 e. The minimum atomic E-state index is -3.79. The zero-order chi connectivity index (χ0) is 24.9. The van der Waals surface area contributed by atoms with Crippen molar-refractivity contribution in [3.8, 4) is 23.3 Å². The highest BCUT2D eigenvalue weighted by molar-refractivity contribution is 7.89. The Morgan fingerprint density at radius 2 is 1.15 bits per heavy atom. The number of fused-ring (bicyclic) bond motifs is 3. The molecule has 34 heavy (non-hydrogen) atoms. The van der Waals surface area contributed by atoms with Crippen LogP contribution < -0.4 is 9.44 Å². The van der Waals surface area contributed by atoms with Gasteiger partial charge in [0.1, 0.15) is 17.7 Å². The highest BCUT2D eigenvalue weighted by atomic mass is 32.2. The van der Waals surface area contributed by atoms with Gasteiger partial charge in [-0.1, -0.05) is 38.8 Å². The van der Waals surface area contributed by atoms with E-state index in [0.717, 1.165) is 12.8 Å². The van der Waals surface area contributed by atoms with E-state index in [1.54, 1.807) is 12.1 Å². The van der Waals surface area contributed by atoms with Crippen LogP contribution in [0.15, 0.2) is 51.8 Å². The monoisotopic (exact) mass is 498 g/mol.